The van der Waals surface area contributed by atoms with Gasteiger partial charge in [-0.1, -0.05) is 36.0 Å². The Morgan fingerprint density at radius 3 is 2.56 bits per heavy atom. The molecule has 4 rings (SSSR count). The molecule has 2 aliphatic rings. The van der Waals surface area contributed by atoms with Crippen molar-refractivity contribution in [2.75, 3.05) is 6.54 Å². The molecular weight excluding hydrogens is 451 g/mol. The molecule has 2 aromatic rings. The van der Waals surface area contributed by atoms with E-state index in [1.165, 1.54) is 0 Å². The molecule has 7 nitrogen and oxygen atoms in total. The van der Waals surface area contributed by atoms with Crippen LogP contribution in [0.4, 0.5) is 0 Å². The Bertz CT molecular complexity index is 1060. The molecule has 0 radical (unpaired) electrons. The van der Waals surface area contributed by atoms with E-state index in [9.17, 15) is 19.6 Å². The molecule has 3 atom stereocenters. The molecular formula is C23H24Cl2N4O3. The van der Waals surface area contributed by atoms with E-state index >= 15 is 0 Å². The second kappa shape index (κ2) is 9.51. The SMILES string of the molecule is N#C[C@H](C[C@@H]1CCNC1=O)NC(=O)[C@@H](CC(=O)c1cc2c(Cl)ccc(Cl)c2[nH]1)CC1CC1. The minimum Gasteiger partial charge on any atom is -0.356 e. The maximum Gasteiger partial charge on any atom is 0.224 e. The highest BCUT2D eigenvalue weighted by Gasteiger charge is 2.34. The van der Waals surface area contributed by atoms with Gasteiger partial charge in [-0.2, -0.15) is 5.26 Å². The van der Waals surface area contributed by atoms with Crippen LogP contribution in [-0.2, 0) is 9.59 Å². The highest BCUT2D eigenvalue weighted by molar-refractivity contribution is 6.40. The molecule has 1 saturated heterocycles. The summed E-state index contributed by atoms with van der Waals surface area (Å²) in [5.74, 6) is -1.00. The van der Waals surface area contributed by atoms with Crippen LogP contribution in [0.1, 0.15) is 49.0 Å². The number of hydrogen-bond donors (Lipinski definition) is 3. The van der Waals surface area contributed by atoms with Crippen molar-refractivity contribution in [2.45, 2.75) is 44.6 Å². The topological polar surface area (TPSA) is 115 Å². The fourth-order valence-corrected chi connectivity index (χ4v) is 4.69. The summed E-state index contributed by atoms with van der Waals surface area (Å²) in [5.41, 5.74) is 0.938. The fourth-order valence-electron chi connectivity index (χ4n) is 4.26. The summed E-state index contributed by atoms with van der Waals surface area (Å²) in [5, 5.41) is 16.6. The number of halogens is 2. The molecule has 1 aromatic heterocycles. The number of fused-ring (bicyclic) bond motifs is 1. The molecule has 1 aromatic carbocycles. The number of amides is 2. The number of hydrogen-bond acceptors (Lipinski definition) is 4. The predicted molar refractivity (Wildman–Crippen MR) is 121 cm³/mol. The van der Waals surface area contributed by atoms with E-state index < -0.39 is 12.0 Å². The zero-order chi connectivity index (χ0) is 22.8. The predicted octanol–water partition coefficient (Wildman–Crippen LogP) is 4.00. The van der Waals surface area contributed by atoms with Crippen LogP contribution < -0.4 is 10.6 Å². The summed E-state index contributed by atoms with van der Waals surface area (Å²) in [4.78, 5) is 40.9. The van der Waals surface area contributed by atoms with Gasteiger partial charge in [0, 0.05) is 30.2 Å². The third-order valence-corrected chi connectivity index (χ3v) is 6.91. The number of carbonyl (C=O) groups excluding carboxylic acids is 3. The lowest BCUT2D eigenvalue weighted by Gasteiger charge is -2.19. The molecule has 0 bridgehead atoms. The van der Waals surface area contributed by atoms with Gasteiger partial charge >= 0.3 is 0 Å². The van der Waals surface area contributed by atoms with Crippen molar-refractivity contribution in [3.63, 3.8) is 0 Å². The van der Waals surface area contributed by atoms with Gasteiger partial charge in [0.2, 0.25) is 11.8 Å². The maximum absolute atomic E-state index is 13.0. The standard InChI is InChI=1S/C23H24Cl2N4O3/c24-17-3-4-18(25)21-16(17)10-19(29-21)20(30)9-14(7-12-1-2-12)23(32)28-15(11-26)8-13-5-6-27-22(13)31/h3-4,10,12-15,29H,1-2,5-9H2,(H,27,31)(H,28,32)/t13-,14+,15-/m0/s1. The first-order chi connectivity index (χ1) is 15.4. The Morgan fingerprint density at radius 1 is 1.19 bits per heavy atom. The zero-order valence-corrected chi connectivity index (χ0v) is 18.9. The van der Waals surface area contributed by atoms with Crippen LogP contribution in [0.15, 0.2) is 18.2 Å². The number of nitriles is 1. The molecule has 3 N–H and O–H groups in total. The highest BCUT2D eigenvalue weighted by Crippen LogP contribution is 2.37. The van der Waals surface area contributed by atoms with Gasteiger partial charge in [-0.05, 0) is 43.4 Å². The zero-order valence-electron chi connectivity index (χ0n) is 17.4. The van der Waals surface area contributed by atoms with Crippen molar-refractivity contribution in [3.05, 3.63) is 33.9 Å². The van der Waals surface area contributed by atoms with E-state index in [-0.39, 0.29) is 36.4 Å². The Morgan fingerprint density at radius 2 is 1.94 bits per heavy atom. The van der Waals surface area contributed by atoms with Gasteiger partial charge in [-0.3, -0.25) is 14.4 Å². The fraction of sp³-hybridized carbons (Fsp3) is 0.478. The van der Waals surface area contributed by atoms with Crippen LogP contribution in [0.5, 0.6) is 0 Å². The molecule has 0 spiro atoms. The second-order valence-electron chi connectivity index (χ2n) is 8.71. The number of rotatable bonds is 9. The third kappa shape index (κ3) is 5.08. The Hall–Kier alpha value is -2.56. The van der Waals surface area contributed by atoms with Gasteiger partial charge in [0.25, 0.3) is 0 Å². The average molecular weight is 475 g/mol. The van der Waals surface area contributed by atoms with E-state index in [2.05, 4.69) is 21.7 Å². The Labute approximate surface area is 195 Å². The summed E-state index contributed by atoms with van der Waals surface area (Å²) < 4.78 is 0. The van der Waals surface area contributed by atoms with Crippen LogP contribution in [0.3, 0.4) is 0 Å². The van der Waals surface area contributed by atoms with Crippen molar-refractivity contribution in [3.8, 4) is 6.07 Å². The minimum atomic E-state index is -0.765. The number of benzene rings is 1. The molecule has 9 heteroatoms. The normalized spacial score (nSPS) is 19.9. The molecule has 2 fully saturated rings. The maximum atomic E-state index is 13.0. The molecule has 1 aliphatic heterocycles. The van der Waals surface area contributed by atoms with Crippen LogP contribution in [0.2, 0.25) is 10.0 Å². The molecule has 1 saturated carbocycles. The smallest absolute Gasteiger partial charge is 0.224 e. The second-order valence-corrected chi connectivity index (χ2v) is 9.52. The van der Waals surface area contributed by atoms with Crippen molar-refractivity contribution >= 4 is 51.7 Å². The van der Waals surface area contributed by atoms with Crippen LogP contribution in [-0.4, -0.2) is 35.2 Å². The number of aromatic nitrogens is 1. The average Bonchev–Trinajstić information content (AvgIpc) is 3.31. The van der Waals surface area contributed by atoms with Gasteiger partial charge < -0.3 is 15.6 Å². The molecule has 2 heterocycles. The first-order valence-electron chi connectivity index (χ1n) is 10.8. The molecule has 1 aliphatic carbocycles. The number of nitrogens with one attached hydrogen (secondary N) is 3. The van der Waals surface area contributed by atoms with Gasteiger partial charge in [0.15, 0.2) is 5.78 Å². The van der Waals surface area contributed by atoms with E-state index in [1.54, 1.807) is 18.2 Å². The summed E-state index contributed by atoms with van der Waals surface area (Å²) >= 11 is 12.4. The summed E-state index contributed by atoms with van der Waals surface area (Å²) in [7, 11) is 0. The summed E-state index contributed by atoms with van der Waals surface area (Å²) in [6.07, 6.45) is 3.63. The van der Waals surface area contributed by atoms with Gasteiger partial charge in [0.1, 0.15) is 6.04 Å². The van der Waals surface area contributed by atoms with Crippen molar-refractivity contribution in [1.82, 2.24) is 15.6 Å². The lowest BCUT2D eigenvalue weighted by molar-refractivity contribution is -0.127. The lowest BCUT2D eigenvalue weighted by atomic mass is 9.93. The van der Waals surface area contributed by atoms with Crippen LogP contribution >= 0.6 is 23.2 Å². The van der Waals surface area contributed by atoms with Gasteiger partial charge in [-0.15, -0.1) is 0 Å². The van der Waals surface area contributed by atoms with Gasteiger partial charge in [0.05, 0.1) is 27.3 Å². The lowest BCUT2D eigenvalue weighted by Crippen LogP contribution is -2.40. The highest BCUT2D eigenvalue weighted by atomic mass is 35.5. The van der Waals surface area contributed by atoms with E-state index in [4.69, 9.17) is 23.2 Å². The monoisotopic (exact) mass is 474 g/mol. The van der Waals surface area contributed by atoms with E-state index in [1.807, 2.05) is 0 Å². The first kappa shape index (κ1) is 22.6. The first-order valence-corrected chi connectivity index (χ1v) is 11.6. The summed E-state index contributed by atoms with van der Waals surface area (Å²) in [6, 6.07) is 6.31. The van der Waals surface area contributed by atoms with Crippen molar-refractivity contribution < 1.29 is 14.4 Å². The van der Waals surface area contributed by atoms with Crippen LogP contribution in [0, 0.1) is 29.1 Å². The number of H-pyrrole nitrogens is 1. The molecule has 32 heavy (non-hydrogen) atoms. The Balaban J connectivity index is 1.45. The van der Waals surface area contributed by atoms with Crippen LogP contribution in [0.25, 0.3) is 10.9 Å². The molecule has 0 unspecified atom stereocenters. The van der Waals surface area contributed by atoms with Crippen molar-refractivity contribution in [1.29, 1.82) is 5.26 Å². The molecule has 2 amide bonds. The van der Waals surface area contributed by atoms with Crippen molar-refractivity contribution in [2.24, 2.45) is 17.8 Å². The number of aromatic amines is 1. The van der Waals surface area contributed by atoms with E-state index in [0.29, 0.717) is 51.9 Å². The largest absolute Gasteiger partial charge is 0.356 e. The quantitative estimate of drug-likeness (QED) is 0.476. The number of nitrogens with zero attached hydrogens (tertiary/aromatic N) is 1. The summed E-state index contributed by atoms with van der Waals surface area (Å²) in [6.45, 7) is 0.590. The van der Waals surface area contributed by atoms with E-state index in [0.717, 1.165) is 12.8 Å². The Kier molecular flexibility index (Phi) is 6.73. The number of Topliss-reactive ketones (excluding diaryl/α,β-unsaturated/α-hetero) is 1. The van der Waals surface area contributed by atoms with Gasteiger partial charge in [-0.25, -0.2) is 0 Å². The number of ketones is 1. The number of carbonyl (C=O) groups is 3. The molecule has 168 valence electrons. The minimum absolute atomic E-state index is 0.0203. The third-order valence-electron chi connectivity index (χ3n) is 6.26.